The molecule has 3 heteroatoms. The number of halogens is 2. The van der Waals surface area contributed by atoms with Crippen LogP contribution in [0.1, 0.15) is 12.5 Å². The molecule has 0 aliphatic carbocycles. The highest BCUT2D eigenvalue weighted by Gasteiger charge is 1.99. The maximum Gasteiger partial charge on any atom is 0.123 e. The van der Waals surface area contributed by atoms with Gasteiger partial charge < -0.3 is 5.32 Å². The summed E-state index contributed by atoms with van der Waals surface area (Å²) in [7, 11) is 0. The summed E-state index contributed by atoms with van der Waals surface area (Å²) in [6.07, 6.45) is 0. The standard InChI is InChI=1S/C10H13BrFN/c1-8(6-11)13-7-9-3-2-4-10(12)5-9/h2-5,8,13H,6-7H2,1H3. The second-order valence-electron chi connectivity index (χ2n) is 3.07. The number of hydrogen-bond donors (Lipinski definition) is 1. The molecule has 0 saturated carbocycles. The number of hydrogen-bond acceptors (Lipinski definition) is 1. The normalized spacial score (nSPS) is 12.8. The smallest absolute Gasteiger partial charge is 0.123 e. The molecule has 1 aromatic carbocycles. The molecule has 1 unspecified atom stereocenters. The molecule has 0 radical (unpaired) electrons. The van der Waals surface area contributed by atoms with Gasteiger partial charge in [-0.15, -0.1) is 0 Å². The third-order valence-corrected chi connectivity index (χ3v) is 2.75. The number of benzene rings is 1. The Hall–Kier alpha value is -0.410. The summed E-state index contributed by atoms with van der Waals surface area (Å²) in [5.41, 5.74) is 0.979. The molecule has 1 atom stereocenters. The van der Waals surface area contributed by atoms with Gasteiger partial charge in [0.1, 0.15) is 5.82 Å². The van der Waals surface area contributed by atoms with Crippen molar-refractivity contribution in [2.75, 3.05) is 5.33 Å². The fourth-order valence-corrected chi connectivity index (χ4v) is 1.22. The van der Waals surface area contributed by atoms with Gasteiger partial charge in [0.2, 0.25) is 0 Å². The van der Waals surface area contributed by atoms with Gasteiger partial charge in [-0.1, -0.05) is 28.1 Å². The van der Waals surface area contributed by atoms with Crippen LogP contribution in [0.3, 0.4) is 0 Å². The van der Waals surface area contributed by atoms with E-state index in [-0.39, 0.29) is 5.82 Å². The minimum absolute atomic E-state index is 0.175. The van der Waals surface area contributed by atoms with Crippen molar-refractivity contribution >= 4 is 15.9 Å². The molecule has 72 valence electrons. The molecule has 0 heterocycles. The van der Waals surface area contributed by atoms with Crippen molar-refractivity contribution in [3.8, 4) is 0 Å². The zero-order chi connectivity index (χ0) is 9.68. The van der Waals surface area contributed by atoms with Gasteiger partial charge in [0.05, 0.1) is 0 Å². The number of rotatable bonds is 4. The Morgan fingerprint density at radius 2 is 2.31 bits per heavy atom. The first kappa shape index (κ1) is 10.7. The summed E-state index contributed by atoms with van der Waals surface area (Å²) in [6, 6.07) is 7.05. The molecule has 0 bridgehead atoms. The Morgan fingerprint density at radius 3 is 2.92 bits per heavy atom. The minimum Gasteiger partial charge on any atom is -0.309 e. The van der Waals surface area contributed by atoms with Crippen LogP contribution in [0.5, 0.6) is 0 Å². The van der Waals surface area contributed by atoms with Crippen LogP contribution >= 0.6 is 15.9 Å². The molecule has 1 N–H and O–H groups in total. The minimum atomic E-state index is -0.175. The Kier molecular flexibility index (Phi) is 4.39. The molecule has 0 aliphatic rings. The fraction of sp³-hybridized carbons (Fsp3) is 0.400. The Bertz CT molecular complexity index is 265. The predicted octanol–water partition coefficient (Wildman–Crippen LogP) is 2.70. The SMILES string of the molecule is CC(CBr)NCc1cccc(F)c1. The Morgan fingerprint density at radius 1 is 1.54 bits per heavy atom. The van der Waals surface area contributed by atoms with Crippen molar-refractivity contribution in [1.29, 1.82) is 0 Å². The highest BCUT2D eigenvalue weighted by atomic mass is 79.9. The van der Waals surface area contributed by atoms with E-state index in [9.17, 15) is 4.39 Å². The average molecular weight is 246 g/mol. The largest absolute Gasteiger partial charge is 0.309 e. The molecule has 0 aliphatic heterocycles. The summed E-state index contributed by atoms with van der Waals surface area (Å²) in [6.45, 7) is 2.79. The van der Waals surface area contributed by atoms with Crippen LogP contribution in [0, 0.1) is 5.82 Å². The fourth-order valence-electron chi connectivity index (χ4n) is 0.994. The second-order valence-corrected chi connectivity index (χ2v) is 3.71. The first-order valence-corrected chi connectivity index (χ1v) is 5.38. The van der Waals surface area contributed by atoms with E-state index in [0.717, 1.165) is 10.9 Å². The Balaban J connectivity index is 2.45. The molecule has 1 rings (SSSR count). The van der Waals surface area contributed by atoms with Gasteiger partial charge in [0.25, 0.3) is 0 Å². The zero-order valence-electron chi connectivity index (χ0n) is 7.56. The summed E-state index contributed by atoms with van der Waals surface area (Å²) in [5.74, 6) is -0.175. The third kappa shape index (κ3) is 3.87. The summed E-state index contributed by atoms with van der Waals surface area (Å²) in [4.78, 5) is 0. The van der Waals surface area contributed by atoms with Crippen LogP contribution in [0.4, 0.5) is 4.39 Å². The highest BCUT2D eigenvalue weighted by molar-refractivity contribution is 9.09. The van der Waals surface area contributed by atoms with Crippen molar-refractivity contribution < 1.29 is 4.39 Å². The van der Waals surface area contributed by atoms with Crippen molar-refractivity contribution in [1.82, 2.24) is 5.32 Å². The van der Waals surface area contributed by atoms with Crippen LogP contribution < -0.4 is 5.32 Å². The van der Waals surface area contributed by atoms with Crippen molar-refractivity contribution in [3.05, 3.63) is 35.6 Å². The Labute approximate surface area is 86.5 Å². The van der Waals surface area contributed by atoms with Crippen LogP contribution in [-0.2, 0) is 6.54 Å². The van der Waals surface area contributed by atoms with E-state index in [1.807, 2.05) is 6.07 Å². The molecule has 0 amide bonds. The lowest BCUT2D eigenvalue weighted by Crippen LogP contribution is -2.26. The van der Waals surface area contributed by atoms with Gasteiger partial charge >= 0.3 is 0 Å². The van der Waals surface area contributed by atoms with Crippen LogP contribution in [0.2, 0.25) is 0 Å². The number of nitrogens with one attached hydrogen (secondary N) is 1. The van der Waals surface area contributed by atoms with E-state index in [4.69, 9.17) is 0 Å². The van der Waals surface area contributed by atoms with E-state index < -0.39 is 0 Å². The monoisotopic (exact) mass is 245 g/mol. The topological polar surface area (TPSA) is 12.0 Å². The molecular formula is C10H13BrFN. The highest BCUT2D eigenvalue weighted by Crippen LogP contribution is 2.03. The molecule has 1 aromatic rings. The van der Waals surface area contributed by atoms with Gasteiger partial charge in [0, 0.05) is 17.9 Å². The predicted molar refractivity (Wildman–Crippen MR) is 56.5 cm³/mol. The van der Waals surface area contributed by atoms with Gasteiger partial charge in [0.15, 0.2) is 0 Å². The van der Waals surface area contributed by atoms with Crippen LogP contribution in [-0.4, -0.2) is 11.4 Å². The second kappa shape index (κ2) is 5.35. The van der Waals surface area contributed by atoms with Crippen LogP contribution in [0.15, 0.2) is 24.3 Å². The van der Waals surface area contributed by atoms with E-state index in [2.05, 4.69) is 28.2 Å². The lowest BCUT2D eigenvalue weighted by Gasteiger charge is -2.09. The first-order valence-electron chi connectivity index (χ1n) is 4.26. The van der Waals surface area contributed by atoms with Crippen LogP contribution in [0.25, 0.3) is 0 Å². The number of alkyl halides is 1. The van der Waals surface area contributed by atoms with Crippen molar-refractivity contribution in [2.45, 2.75) is 19.5 Å². The van der Waals surface area contributed by atoms with Crippen molar-refractivity contribution in [3.63, 3.8) is 0 Å². The quantitative estimate of drug-likeness (QED) is 0.805. The third-order valence-electron chi connectivity index (χ3n) is 1.78. The molecule has 1 nitrogen and oxygen atoms in total. The zero-order valence-corrected chi connectivity index (χ0v) is 9.14. The van der Waals surface area contributed by atoms with Gasteiger partial charge in [-0.05, 0) is 24.6 Å². The van der Waals surface area contributed by atoms with E-state index in [1.165, 1.54) is 6.07 Å². The maximum atomic E-state index is 12.7. The molecule has 0 saturated heterocycles. The summed E-state index contributed by atoms with van der Waals surface area (Å²) in [5, 5.41) is 4.17. The van der Waals surface area contributed by atoms with E-state index >= 15 is 0 Å². The molecule has 0 spiro atoms. The lowest BCUT2D eigenvalue weighted by molar-refractivity contribution is 0.589. The molecule has 13 heavy (non-hydrogen) atoms. The van der Waals surface area contributed by atoms with E-state index in [1.54, 1.807) is 12.1 Å². The first-order chi connectivity index (χ1) is 6.22. The average Bonchev–Trinajstić information content (AvgIpc) is 2.14. The molecule has 0 fully saturated rings. The summed E-state index contributed by atoms with van der Waals surface area (Å²) < 4.78 is 12.7. The summed E-state index contributed by atoms with van der Waals surface area (Å²) >= 11 is 3.37. The van der Waals surface area contributed by atoms with Crippen molar-refractivity contribution in [2.24, 2.45) is 0 Å². The lowest BCUT2D eigenvalue weighted by atomic mass is 10.2. The van der Waals surface area contributed by atoms with Gasteiger partial charge in [-0.3, -0.25) is 0 Å². The van der Waals surface area contributed by atoms with Gasteiger partial charge in [-0.25, -0.2) is 4.39 Å². The van der Waals surface area contributed by atoms with E-state index in [0.29, 0.717) is 12.6 Å². The molecular weight excluding hydrogens is 233 g/mol. The maximum absolute atomic E-state index is 12.7. The van der Waals surface area contributed by atoms with Gasteiger partial charge in [-0.2, -0.15) is 0 Å². The molecule has 0 aromatic heterocycles.